The number of nitrogens with zero attached hydrogens (tertiary/aromatic N) is 2. The molecule has 2 heterocycles. The number of thiazole rings is 1. The number of hydrogen-bond donors (Lipinski definition) is 0. The molecule has 4 nitrogen and oxygen atoms in total. The highest BCUT2D eigenvalue weighted by molar-refractivity contribution is 9.10. The highest BCUT2D eigenvalue weighted by Gasteiger charge is 2.32. The Labute approximate surface area is 213 Å². The molecular formula is C28H20BrFN2O2S. The average Bonchev–Trinajstić information content (AvgIpc) is 3.19. The predicted molar refractivity (Wildman–Crippen MR) is 140 cm³/mol. The van der Waals surface area contributed by atoms with E-state index in [1.807, 2.05) is 36.4 Å². The maximum absolute atomic E-state index is 13.8. The molecule has 1 aromatic heterocycles. The van der Waals surface area contributed by atoms with Gasteiger partial charge in [-0.05, 0) is 71.5 Å². The lowest BCUT2D eigenvalue weighted by molar-refractivity contribution is 0.414. The van der Waals surface area contributed by atoms with E-state index in [1.165, 1.54) is 29.0 Å². The minimum absolute atomic E-state index is 0.108. The molecule has 0 N–H and O–H groups in total. The Kier molecular flexibility index (Phi) is 5.54. The fourth-order valence-electron chi connectivity index (χ4n) is 4.87. The Morgan fingerprint density at radius 3 is 2.71 bits per heavy atom. The normalized spacial score (nSPS) is 16.9. The summed E-state index contributed by atoms with van der Waals surface area (Å²) in [6.07, 6.45) is 3.54. The van der Waals surface area contributed by atoms with Crippen LogP contribution in [0.15, 0.2) is 86.6 Å². The molecule has 0 unspecified atom stereocenters. The number of benzene rings is 3. The number of fused-ring (bicyclic) bond motifs is 3. The molecule has 0 fully saturated rings. The van der Waals surface area contributed by atoms with Crippen LogP contribution in [0, 0.1) is 5.82 Å². The molecule has 1 aliphatic heterocycles. The summed E-state index contributed by atoms with van der Waals surface area (Å²) in [5, 5.41) is 0. The second-order valence-electron chi connectivity index (χ2n) is 8.55. The Balaban J connectivity index is 1.62. The third-order valence-electron chi connectivity index (χ3n) is 6.55. The number of ether oxygens (including phenoxy) is 1. The number of hydrogen-bond acceptors (Lipinski definition) is 4. The zero-order valence-electron chi connectivity index (χ0n) is 18.8. The lowest BCUT2D eigenvalue weighted by Gasteiger charge is -2.30. The standard InChI is InChI=1S/C28H20BrFN2O2S/c1-34-20-11-13-23(29)18(14-20)15-24-27(33)32-26(17-6-9-19(30)10-7-17)22-12-8-16-4-2-3-5-21(16)25(22)31-28(32)35-24/h2-7,9-11,13-15,26H,8,12H2,1H3/b24-15+/t26-/m0/s1. The molecule has 1 aliphatic carbocycles. The Morgan fingerprint density at radius 2 is 1.91 bits per heavy atom. The maximum Gasteiger partial charge on any atom is 0.271 e. The van der Waals surface area contributed by atoms with Crippen LogP contribution in [0.5, 0.6) is 5.75 Å². The quantitative estimate of drug-likeness (QED) is 0.353. The Bertz CT molecular complexity index is 1690. The number of allylic oxidation sites excluding steroid dienone is 1. The fourth-order valence-corrected chi connectivity index (χ4v) is 6.22. The van der Waals surface area contributed by atoms with Gasteiger partial charge in [0.05, 0.1) is 23.4 Å². The van der Waals surface area contributed by atoms with Gasteiger partial charge in [0.25, 0.3) is 5.56 Å². The molecule has 0 saturated carbocycles. The van der Waals surface area contributed by atoms with Crippen molar-refractivity contribution in [1.82, 2.24) is 4.57 Å². The number of halogens is 2. The molecule has 0 bridgehead atoms. The summed E-state index contributed by atoms with van der Waals surface area (Å²) in [5.41, 5.74) is 6.00. The predicted octanol–water partition coefficient (Wildman–Crippen LogP) is 5.23. The third kappa shape index (κ3) is 3.79. The van der Waals surface area contributed by atoms with Crippen molar-refractivity contribution in [3.8, 4) is 5.75 Å². The van der Waals surface area contributed by atoms with Crippen molar-refractivity contribution in [2.24, 2.45) is 4.99 Å². The molecule has 1 atom stereocenters. The molecule has 3 aromatic carbocycles. The van der Waals surface area contributed by atoms with Crippen molar-refractivity contribution in [3.05, 3.63) is 125 Å². The van der Waals surface area contributed by atoms with Crippen LogP contribution < -0.4 is 19.6 Å². The number of rotatable bonds is 3. The zero-order chi connectivity index (χ0) is 24.1. The van der Waals surface area contributed by atoms with E-state index in [4.69, 9.17) is 9.73 Å². The fraction of sp³-hybridized carbons (Fsp3) is 0.143. The maximum atomic E-state index is 13.8. The first-order valence-electron chi connectivity index (χ1n) is 11.3. The van der Waals surface area contributed by atoms with Gasteiger partial charge in [-0.2, -0.15) is 0 Å². The summed E-state index contributed by atoms with van der Waals surface area (Å²) >= 11 is 4.95. The van der Waals surface area contributed by atoms with E-state index in [2.05, 4.69) is 28.1 Å². The highest BCUT2D eigenvalue weighted by atomic mass is 79.9. The third-order valence-corrected chi connectivity index (χ3v) is 8.25. The molecule has 0 radical (unpaired) electrons. The Hall–Kier alpha value is -3.29. The van der Waals surface area contributed by atoms with E-state index < -0.39 is 0 Å². The van der Waals surface area contributed by atoms with E-state index in [-0.39, 0.29) is 17.4 Å². The summed E-state index contributed by atoms with van der Waals surface area (Å²) in [5.74, 6) is 0.413. The van der Waals surface area contributed by atoms with Crippen LogP contribution in [0.3, 0.4) is 0 Å². The van der Waals surface area contributed by atoms with Gasteiger partial charge in [-0.25, -0.2) is 9.38 Å². The van der Waals surface area contributed by atoms with Crippen LogP contribution in [0.25, 0.3) is 11.8 Å². The van der Waals surface area contributed by atoms with Crippen LogP contribution in [-0.4, -0.2) is 11.7 Å². The Morgan fingerprint density at radius 1 is 1.11 bits per heavy atom. The second-order valence-corrected chi connectivity index (χ2v) is 10.4. The van der Waals surface area contributed by atoms with Crippen LogP contribution in [0.4, 0.5) is 4.39 Å². The van der Waals surface area contributed by atoms with Gasteiger partial charge in [-0.3, -0.25) is 9.36 Å². The molecule has 0 spiro atoms. The minimum atomic E-state index is -0.328. The molecule has 6 rings (SSSR count). The van der Waals surface area contributed by atoms with Gasteiger partial charge >= 0.3 is 0 Å². The van der Waals surface area contributed by atoms with E-state index in [0.29, 0.717) is 15.1 Å². The molecule has 4 aromatic rings. The van der Waals surface area contributed by atoms with Gasteiger partial charge in [-0.15, -0.1) is 0 Å². The van der Waals surface area contributed by atoms with Gasteiger partial charge in [0.1, 0.15) is 11.6 Å². The summed E-state index contributed by atoms with van der Waals surface area (Å²) < 4.78 is 22.4. The van der Waals surface area contributed by atoms with Gasteiger partial charge in [0, 0.05) is 10.0 Å². The summed E-state index contributed by atoms with van der Waals surface area (Å²) in [4.78, 5) is 19.4. The smallest absolute Gasteiger partial charge is 0.271 e. The highest BCUT2D eigenvalue weighted by Crippen LogP contribution is 2.41. The SMILES string of the molecule is COc1ccc(Br)c(/C=c2/sc3n(c2=O)[C@@H](c2ccc(F)cc2)C2=C(N=3)c3ccccc3CC2)c1. The number of methoxy groups -OCH3 is 1. The molecule has 0 saturated heterocycles. The van der Waals surface area contributed by atoms with Crippen LogP contribution in [0.1, 0.15) is 34.7 Å². The van der Waals surface area contributed by atoms with Gasteiger partial charge in [-0.1, -0.05) is 63.7 Å². The largest absolute Gasteiger partial charge is 0.497 e. The summed E-state index contributed by atoms with van der Waals surface area (Å²) in [7, 11) is 1.62. The first-order chi connectivity index (χ1) is 17.0. The van der Waals surface area contributed by atoms with Gasteiger partial charge in [0.2, 0.25) is 0 Å². The molecule has 0 amide bonds. The summed E-state index contributed by atoms with van der Waals surface area (Å²) in [6, 6.07) is 20.1. The lowest BCUT2D eigenvalue weighted by Crippen LogP contribution is -2.38. The number of aryl methyl sites for hydroxylation is 1. The lowest BCUT2D eigenvalue weighted by atomic mass is 9.83. The van der Waals surface area contributed by atoms with Crippen molar-refractivity contribution in [1.29, 1.82) is 0 Å². The van der Waals surface area contributed by atoms with E-state index in [0.717, 1.165) is 45.3 Å². The topological polar surface area (TPSA) is 43.6 Å². The average molecular weight is 547 g/mol. The van der Waals surface area contributed by atoms with Crippen molar-refractivity contribution in [2.45, 2.75) is 18.9 Å². The van der Waals surface area contributed by atoms with E-state index >= 15 is 0 Å². The molecule has 174 valence electrons. The van der Waals surface area contributed by atoms with E-state index in [1.54, 1.807) is 23.8 Å². The van der Waals surface area contributed by atoms with Gasteiger partial charge < -0.3 is 4.74 Å². The minimum Gasteiger partial charge on any atom is -0.497 e. The second kappa shape index (κ2) is 8.73. The number of aromatic nitrogens is 1. The van der Waals surface area contributed by atoms with Gasteiger partial charge in [0.15, 0.2) is 4.80 Å². The van der Waals surface area contributed by atoms with Crippen LogP contribution in [-0.2, 0) is 6.42 Å². The van der Waals surface area contributed by atoms with E-state index in [9.17, 15) is 9.18 Å². The molecule has 2 aliphatic rings. The van der Waals surface area contributed by atoms with Crippen LogP contribution >= 0.6 is 27.3 Å². The van der Waals surface area contributed by atoms with Crippen molar-refractivity contribution in [2.75, 3.05) is 7.11 Å². The molecule has 35 heavy (non-hydrogen) atoms. The van der Waals surface area contributed by atoms with Crippen molar-refractivity contribution >= 4 is 39.0 Å². The zero-order valence-corrected chi connectivity index (χ0v) is 21.2. The van der Waals surface area contributed by atoms with Crippen molar-refractivity contribution < 1.29 is 9.13 Å². The first-order valence-corrected chi connectivity index (χ1v) is 12.9. The van der Waals surface area contributed by atoms with Crippen molar-refractivity contribution in [3.63, 3.8) is 0 Å². The first kappa shape index (κ1) is 22.2. The van der Waals surface area contributed by atoms with Crippen LogP contribution in [0.2, 0.25) is 0 Å². The monoisotopic (exact) mass is 546 g/mol. The summed E-state index contributed by atoms with van der Waals surface area (Å²) in [6.45, 7) is 0. The molecular weight excluding hydrogens is 527 g/mol. The molecule has 7 heteroatoms.